The number of aromatic nitrogens is 1. The van der Waals surface area contributed by atoms with Crippen molar-refractivity contribution in [1.29, 1.82) is 0 Å². The minimum Gasteiger partial charge on any atom is -0.480 e. The molecule has 1 amide bonds. The normalized spacial score (nSPS) is 12.4. The first-order valence-corrected chi connectivity index (χ1v) is 7.43. The van der Waals surface area contributed by atoms with Crippen LogP contribution in [0.15, 0.2) is 6.07 Å². The predicted molar refractivity (Wildman–Crippen MR) is 83.0 cm³/mol. The quantitative estimate of drug-likeness (QED) is 0.946. The highest BCUT2D eigenvalue weighted by Gasteiger charge is 2.26. The van der Waals surface area contributed by atoms with Crippen LogP contribution < -0.4 is 0 Å². The van der Waals surface area contributed by atoms with Crippen LogP contribution in [0.2, 0.25) is 0 Å². The molecule has 1 atom stereocenters. The number of pyridine rings is 1. The zero-order valence-electron chi connectivity index (χ0n) is 12.7. The molecule has 2 aromatic heterocycles. The second kappa shape index (κ2) is 5.44. The summed E-state index contributed by atoms with van der Waals surface area (Å²) in [6.07, 6.45) is 0. The molecule has 0 aromatic carbocycles. The fraction of sp³-hybridized carbons (Fsp3) is 0.400. The standard InChI is InChI=1S/C15H18N2O3S/c1-7-6-8(2)16-13-11(7)9(3)12(21-13)14(18)17(5)10(4)15(19)20/h6,10H,1-5H3,(H,19,20). The number of carboxylic acids is 1. The number of hydrogen-bond donors (Lipinski definition) is 1. The lowest BCUT2D eigenvalue weighted by Gasteiger charge is -2.21. The summed E-state index contributed by atoms with van der Waals surface area (Å²) >= 11 is 1.32. The van der Waals surface area contributed by atoms with Gasteiger partial charge in [0.15, 0.2) is 0 Å². The van der Waals surface area contributed by atoms with Crippen molar-refractivity contribution in [2.75, 3.05) is 7.05 Å². The summed E-state index contributed by atoms with van der Waals surface area (Å²) in [7, 11) is 1.51. The first-order chi connectivity index (χ1) is 9.73. The van der Waals surface area contributed by atoms with Crippen LogP contribution in [0.3, 0.4) is 0 Å². The highest BCUT2D eigenvalue weighted by Crippen LogP contribution is 2.33. The molecule has 112 valence electrons. The van der Waals surface area contributed by atoms with E-state index in [0.717, 1.165) is 27.0 Å². The summed E-state index contributed by atoms with van der Waals surface area (Å²) in [5.41, 5.74) is 2.86. The van der Waals surface area contributed by atoms with Gasteiger partial charge in [-0.15, -0.1) is 11.3 Å². The Morgan fingerprint density at radius 3 is 2.52 bits per heavy atom. The van der Waals surface area contributed by atoms with Crippen molar-refractivity contribution >= 4 is 33.4 Å². The topological polar surface area (TPSA) is 70.5 Å². The number of rotatable bonds is 3. The van der Waals surface area contributed by atoms with Crippen molar-refractivity contribution < 1.29 is 14.7 Å². The van der Waals surface area contributed by atoms with Crippen LogP contribution >= 0.6 is 11.3 Å². The number of likely N-dealkylation sites (N-methyl/N-ethyl adjacent to an activating group) is 1. The van der Waals surface area contributed by atoms with Crippen LogP contribution in [0.25, 0.3) is 10.2 Å². The predicted octanol–water partition coefficient (Wildman–Crippen LogP) is 2.77. The molecule has 21 heavy (non-hydrogen) atoms. The maximum Gasteiger partial charge on any atom is 0.326 e. The Kier molecular flexibility index (Phi) is 4.00. The number of carbonyl (C=O) groups is 2. The zero-order valence-corrected chi connectivity index (χ0v) is 13.5. The molecule has 0 bridgehead atoms. The summed E-state index contributed by atoms with van der Waals surface area (Å²) < 4.78 is 0. The molecule has 0 aliphatic carbocycles. The summed E-state index contributed by atoms with van der Waals surface area (Å²) in [4.78, 5) is 30.7. The lowest BCUT2D eigenvalue weighted by molar-refractivity contribution is -0.141. The van der Waals surface area contributed by atoms with Gasteiger partial charge < -0.3 is 10.0 Å². The van der Waals surface area contributed by atoms with Crippen LogP contribution in [0.4, 0.5) is 0 Å². The lowest BCUT2D eigenvalue weighted by Crippen LogP contribution is -2.40. The van der Waals surface area contributed by atoms with E-state index in [9.17, 15) is 9.59 Å². The smallest absolute Gasteiger partial charge is 0.326 e. The Morgan fingerprint density at radius 1 is 1.33 bits per heavy atom. The van der Waals surface area contributed by atoms with Crippen molar-refractivity contribution in [2.45, 2.75) is 33.7 Å². The molecule has 1 N–H and O–H groups in total. The average molecular weight is 306 g/mol. The van der Waals surface area contributed by atoms with E-state index in [1.54, 1.807) is 0 Å². The molecule has 0 spiro atoms. The highest BCUT2D eigenvalue weighted by atomic mass is 32.1. The Morgan fingerprint density at radius 2 is 1.95 bits per heavy atom. The van der Waals surface area contributed by atoms with Crippen molar-refractivity contribution in [2.24, 2.45) is 0 Å². The van der Waals surface area contributed by atoms with Gasteiger partial charge in [0, 0.05) is 18.1 Å². The third-order valence-electron chi connectivity index (χ3n) is 3.68. The van der Waals surface area contributed by atoms with Gasteiger partial charge in [0.25, 0.3) is 5.91 Å². The summed E-state index contributed by atoms with van der Waals surface area (Å²) in [5.74, 6) is -1.29. The molecule has 0 aliphatic heterocycles. The van der Waals surface area contributed by atoms with E-state index in [2.05, 4.69) is 4.98 Å². The molecule has 0 saturated heterocycles. The maximum absolute atomic E-state index is 12.5. The SMILES string of the molecule is Cc1cc(C)c2c(C)c(C(=O)N(C)C(C)C(=O)O)sc2n1. The molecule has 2 heterocycles. The minimum atomic E-state index is -1.02. The minimum absolute atomic E-state index is 0.276. The molecular formula is C15H18N2O3S. The molecule has 5 nitrogen and oxygen atoms in total. The summed E-state index contributed by atoms with van der Waals surface area (Å²) in [6, 6.07) is 1.12. The van der Waals surface area contributed by atoms with Gasteiger partial charge >= 0.3 is 5.97 Å². The molecule has 0 aliphatic rings. The molecule has 6 heteroatoms. The maximum atomic E-state index is 12.5. The molecule has 0 radical (unpaired) electrons. The van der Waals surface area contributed by atoms with Gasteiger partial charge in [-0.25, -0.2) is 9.78 Å². The van der Waals surface area contributed by atoms with Gasteiger partial charge in [0.05, 0.1) is 4.88 Å². The number of carbonyl (C=O) groups excluding carboxylic acids is 1. The average Bonchev–Trinajstić information content (AvgIpc) is 2.73. The van der Waals surface area contributed by atoms with Crippen LogP contribution in [0.1, 0.15) is 33.4 Å². The molecule has 0 fully saturated rings. The summed E-state index contributed by atoms with van der Waals surface area (Å²) in [6.45, 7) is 7.29. The van der Waals surface area contributed by atoms with E-state index in [-0.39, 0.29) is 5.91 Å². The lowest BCUT2D eigenvalue weighted by atomic mass is 10.1. The second-order valence-corrected chi connectivity index (χ2v) is 6.25. The molecule has 1 unspecified atom stereocenters. The van der Waals surface area contributed by atoms with Crippen LogP contribution in [0.5, 0.6) is 0 Å². The van der Waals surface area contributed by atoms with Crippen LogP contribution in [0, 0.1) is 20.8 Å². The molecular weight excluding hydrogens is 288 g/mol. The van der Waals surface area contributed by atoms with Gasteiger partial charge in [0.2, 0.25) is 0 Å². The van der Waals surface area contributed by atoms with E-state index in [0.29, 0.717) is 4.88 Å². The largest absolute Gasteiger partial charge is 0.480 e. The third-order valence-corrected chi connectivity index (χ3v) is 4.85. The van der Waals surface area contributed by atoms with Crippen molar-refractivity contribution in [3.05, 3.63) is 27.8 Å². The number of hydrogen-bond acceptors (Lipinski definition) is 4. The number of aliphatic carboxylic acids is 1. The number of nitrogens with zero attached hydrogens (tertiary/aromatic N) is 2. The van der Waals surface area contributed by atoms with Crippen LogP contribution in [-0.4, -0.2) is 40.0 Å². The van der Waals surface area contributed by atoms with Gasteiger partial charge in [-0.05, 0) is 44.9 Å². The third kappa shape index (κ3) is 2.63. The van der Waals surface area contributed by atoms with Crippen molar-refractivity contribution in [3.8, 4) is 0 Å². The van der Waals surface area contributed by atoms with E-state index in [1.807, 2.05) is 26.8 Å². The number of aryl methyl sites for hydroxylation is 3. The van der Waals surface area contributed by atoms with Crippen molar-refractivity contribution in [1.82, 2.24) is 9.88 Å². The Balaban J connectivity index is 2.52. The van der Waals surface area contributed by atoms with E-state index in [1.165, 1.54) is 30.2 Å². The number of fused-ring (bicyclic) bond motifs is 1. The number of thiophene rings is 1. The highest BCUT2D eigenvalue weighted by molar-refractivity contribution is 7.20. The van der Waals surface area contributed by atoms with Gasteiger partial charge in [0.1, 0.15) is 10.9 Å². The molecule has 0 saturated carbocycles. The fourth-order valence-corrected chi connectivity index (χ4v) is 3.61. The van der Waals surface area contributed by atoms with E-state index >= 15 is 0 Å². The van der Waals surface area contributed by atoms with Crippen LogP contribution in [-0.2, 0) is 4.79 Å². The van der Waals surface area contributed by atoms with Gasteiger partial charge in [-0.1, -0.05) is 0 Å². The zero-order chi connectivity index (χ0) is 15.9. The fourth-order valence-electron chi connectivity index (χ4n) is 2.33. The monoisotopic (exact) mass is 306 g/mol. The first-order valence-electron chi connectivity index (χ1n) is 6.61. The Bertz CT molecular complexity index is 736. The number of carboxylic acid groups (broad SMARTS) is 1. The number of amides is 1. The van der Waals surface area contributed by atoms with Crippen molar-refractivity contribution in [3.63, 3.8) is 0 Å². The first kappa shape index (κ1) is 15.4. The Hall–Kier alpha value is -1.95. The molecule has 2 rings (SSSR count). The van der Waals surface area contributed by atoms with E-state index in [4.69, 9.17) is 5.11 Å². The Labute approximate surface area is 127 Å². The second-order valence-electron chi connectivity index (χ2n) is 5.25. The van der Waals surface area contributed by atoms with Gasteiger partial charge in [-0.3, -0.25) is 4.79 Å². The van der Waals surface area contributed by atoms with E-state index < -0.39 is 12.0 Å². The van der Waals surface area contributed by atoms with Gasteiger partial charge in [-0.2, -0.15) is 0 Å². The molecule has 2 aromatic rings. The summed E-state index contributed by atoms with van der Waals surface area (Å²) in [5, 5.41) is 10.0.